The highest BCUT2D eigenvalue weighted by atomic mass is 32.1. The number of nitrogens with zero attached hydrogens (tertiary/aromatic N) is 1. The Morgan fingerprint density at radius 1 is 1.56 bits per heavy atom. The van der Waals surface area contributed by atoms with Crippen LogP contribution in [0.5, 0.6) is 0 Å². The largest absolute Gasteiger partial charge is 0.388 e. The molecule has 0 radical (unpaired) electrons. The Hall–Kier alpha value is -1.00. The van der Waals surface area contributed by atoms with E-state index in [9.17, 15) is 0 Å². The van der Waals surface area contributed by atoms with Gasteiger partial charge in [-0.15, -0.1) is 0 Å². The summed E-state index contributed by atoms with van der Waals surface area (Å²) >= 11 is 4.87. The van der Waals surface area contributed by atoms with Crippen molar-refractivity contribution in [3.8, 4) is 0 Å². The van der Waals surface area contributed by atoms with Crippen molar-refractivity contribution in [2.24, 2.45) is 11.7 Å². The third-order valence-electron chi connectivity index (χ3n) is 2.19. The maximum atomic E-state index is 5.55. The number of nitrogens with two attached hydrogens (primary N) is 1. The maximum absolute atomic E-state index is 5.55. The van der Waals surface area contributed by atoms with E-state index in [4.69, 9.17) is 22.7 Å². The van der Waals surface area contributed by atoms with Crippen LogP contribution in [0.1, 0.15) is 31.5 Å². The van der Waals surface area contributed by atoms with Crippen LogP contribution < -0.4 is 5.73 Å². The number of ether oxygens (including phenoxy) is 1. The molecule has 0 amide bonds. The molecule has 0 unspecified atom stereocenters. The van der Waals surface area contributed by atoms with Crippen molar-refractivity contribution in [1.82, 2.24) is 4.98 Å². The quantitative estimate of drug-likeness (QED) is 0.610. The van der Waals surface area contributed by atoms with Crippen molar-refractivity contribution in [2.45, 2.75) is 26.9 Å². The van der Waals surface area contributed by atoms with Gasteiger partial charge < -0.3 is 10.5 Å². The average molecular weight is 238 g/mol. The Kier molecular flexibility index (Phi) is 5.35. The van der Waals surface area contributed by atoms with Crippen LogP contribution >= 0.6 is 12.2 Å². The van der Waals surface area contributed by atoms with Crippen molar-refractivity contribution in [2.75, 3.05) is 6.61 Å². The van der Waals surface area contributed by atoms with Gasteiger partial charge in [-0.1, -0.05) is 26.1 Å². The highest BCUT2D eigenvalue weighted by Crippen LogP contribution is 2.05. The zero-order valence-corrected chi connectivity index (χ0v) is 10.6. The molecule has 3 nitrogen and oxygen atoms in total. The summed E-state index contributed by atoms with van der Waals surface area (Å²) in [5, 5.41) is 0. The summed E-state index contributed by atoms with van der Waals surface area (Å²) in [6.07, 6.45) is 2.78. The van der Waals surface area contributed by atoms with Gasteiger partial charge in [0, 0.05) is 12.8 Å². The number of pyridine rings is 1. The Bertz CT molecular complexity index is 353. The summed E-state index contributed by atoms with van der Waals surface area (Å²) < 4.78 is 5.55. The average Bonchev–Trinajstić information content (AvgIpc) is 2.24. The van der Waals surface area contributed by atoms with Crippen LogP contribution in [0.4, 0.5) is 0 Å². The molecular weight excluding hydrogens is 220 g/mol. The smallest absolute Gasteiger partial charge is 0.122 e. The van der Waals surface area contributed by atoms with E-state index in [1.165, 1.54) is 0 Å². The SMILES string of the molecule is CC(C)CCOCc1ccnc(C(N)=S)c1. The van der Waals surface area contributed by atoms with Crippen LogP contribution in [0.15, 0.2) is 18.3 Å². The maximum Gasteiger partial charge on any atom is 0.122 e. The van der Waals surface area contributed by atoms with E-state index < -0.39 is 0 Å². The molecular formula is C12H18N2OS. The first-order chi connectivity index (χ1) is 7.59. The zero-order valence-electron chi connectivity index (χ0n) is 9.77. The first kappa shape index (κ1) is 13.1. The van der Waals surface area contributed by atoms with Crippen LogP contribution in [0.25, 0.3) is 0 Å². The monoisotopic (exact) mass is 238 g/mol. The molecule has 1 heterocycles. The molecule has 0 spiro atoms. The molecule has 0 saturated heterocycles. The van der Waals surface area contributed by atoms with Crippen LogP contribution in [0.3, 0.4) is 0 Å². The molecule has 16 heavy (non-hydrogen) atoms. The highest BCUT2D eigenvalue weighted by Gasteiger charge is 2.00. The Morgan fingerprint density at radius 2 is 2.31 bits per heavy atom. The predicted octanol–water partition coefficient (Wildman–Crippen LogP) is 2.28. The van der Waals surface area contributed by atoms with Crippen LogP contribution in [-0.2, 0) is 11.3 Å². The van der Waals surface area contributed by atoms with Gasteiger partial charge in [0.2, 0.25) is 0 Å². The van der Waals surface area contributed by atoms with E-state index in [1.807, 2.05) is 12.1 Å². The van der Waals surface area contributed by atoms with Crippen molar-refractivity contribution >= 4 is 17.2 Å². The van der Waals surface area contributed by atoms with E-state index in [1.54, 1.807) is 6.20 Å². The van der Waals surface area contributed by atoms with Crippen LogP contribution in [-0.4, -0.2) is 16.6 Å². The van der Waals surface area contributed by atoms with Gasteiger partial charge >= 0.3 is 0 Å². The number of rotatable bonds is 6. The predicted molar refractivity (Wildman–Crippen MR) is 69.2 cm³/mol. The lowest BCUT2D eigenvalue weighted by molar-refractivity contribution is 0.110. The minimum absolute atomic E-state index is 0.323. The van der Waals surface area contributed by atoms with Gasteiger partial charge in [-0.05, 0) is 30.0 Å². The van der Waals surface area contributed by atoms with E-state index in [-0.39, 0.29) is 0 Å². The van der Waals surface area contributed by atoms with Gasteiger partial charge in [0.05, 0.1) is 12.3 Å². The lowest BCUT2D eigenvalue weighted by Gasteiger charge is -2.07. The van der Waals surface area contributed by atoms with Crippen molar-refractivity contribution in [3.05, 3.63) is 29.6 Å². The van der Waals surface area contributed by atoms with Crippen molar-refractivity contribution in [1.29, 1.82) is 0 Å². The topological polar surface area (TPSA) is 48.1 Å². The molecule has 0 aliphatic carbocycles. The van der Waals surface area contributed by atoms with Gasteiger partial charge in [0.15, 0.2) is 0 Å². The molecule has 2 N–H and O–H groups in total. The van der Waals surface area contributed by atoms with Gasteiger partial charge in [-0.2, -0.15) is 0 Å². The summed E-state index contributed by atoms with van der Waals surface area (Å²) in [5.41, 5.74) is 7.22. The Morgan fingerprint density at radius 3 is 2.94 bits per heavy atom. The fraction of sp³-hybridized carbons (Fsp3) is 0.500. The minimum Gasteiger partial charge on any atom is -0.388 e. The first-order valence-electron chi connectivity index (χ1n) is 5.42. The first-order valence-corrected chi connectivity index (χ1v) is 5.83. The Balaban J connectivity index is 2.42. The van der Waals surface area contributed by atoms with Gasteiger partial charge in [0.1, 0.15) is 4.99 Å². The van der Waals surface area contributed by atoms with E-state index in [0.717, 1.165) is 18.6 Å². The molecule has 0 aliphatic heterocycles. The van der Waals surface area contributed by atoms with Crippen molar-refractivity contribution in [3.63, 3.8) is 0 Å². The lowest BCUT2D eigenvalue weighted by Crippen LogP contribution is -2.12. The lowest BCUT2D eigenvalue weighted by atomic mass is 10.1. The van der Waals surface area contributed by atoms with Crippen LogP contribution in [0.2, 0.25) is 0 Å². The second-order valence-electron chi connectivity index (χ2n) is 4.15. The summed E-state index contributed by atoms with van der Waals surface area (Å²) in [6, 6.07) is 3.79. The van der Waals surface area contributed by atoms with E-state index in [2.05, 4.69) is 18.8 Å². The molecule has 0 aliphatic rings. The summed E-state index contributed by atoms with van der Waals surface area (Å²) in [7, 11) is 0. The molecule has 88 valence electrons. The molecule has 1 aromatic rings. The number of hydrogen-bond acceptors (Lipinski definition) is 3. The van der Waals surface area contributed by atoms with Gasteiger partial charge in [-0.3, -0.25) is 4.98 Å². The molecule has 0 fully saturated rings. The molecule has 1 aromatic heterocycles. The van der Waals surface area contributed by atoms with Crippen molar-refractivity contribution < 1.29 is 4.74 Å². The third kappa shape index (κ3) is 4.68. The highest BCUT2D eigenvalue weighted by molar-refractivity contribution is 7.80. The number of thiocarbonyl (C=S) groups is 1. The van der Waals surface area contributed by atoms with Gasteiger partial charge in [-0.25, -0.2) is 0 Å². The number of hydrogen-bond donors (Lipinski definition) is 1. The second-order valence-corrected chi connectivity index (χ2v) is 4.59. The third-order valence-corrected chi connectivity index (χ3v) is 2.39. The standard InChI is InChI=1S/C12H18N2OS/c1-9(2)4-6-15-8-10-3-5-14-11(7-10)12(13)16/h3,5,7,9H,4,6,8H2,1-2H3,(H2,13,16). The molecule has 0 saturated carbocycles. The summed E-state index contributed by atoms with van der Waals surface area (Å²) in [6.45, 7) is 5.73. The Labute approximate surface area is 102 Å². The van der Waals surface area contributed by atoms with E-state index >= 15 is 0 Å². The summed E-state index contributed by atoms with van der Waals surface area (Å²) in [5.74, 6) is 0.671. The molecule has 0 aromatic carbocycles. The molecule has 0 bridgehead atoms. The zero-order chi connectivity index (χ0) is 12.0. The summed E-state index contributed by atoms with van der Waals surface area (Å²) in [4.78, 5) is 4.40. The minimum atomic E-state index is 0.323. The molecule has 0 atom stereocenters. The second kappa shape index (κ2) is 6.55. The normalized spacial score (nSPS) is 10.7. The molecule has 1 rings (SSSR count). The van der Waals surface area contributed by atoms with Gasteiger partial charge in [0.25, 0.3) is 0 Å². The fourth-order valence-corrected chi connectivity index (χ4v) is 1.32. The fourth-order valence-electron chi connectivity index (χ4n) is 1.21. The molecule has 4 heteroatoms. The van der Waals surface area contributed by atoms with E-state index in [0.29, 0.717) is 23.2 Å². The van der Waals surface area contributed by atoms with Crippen LogP contribution in [0, 0.1) is 5.92 Å². The number of aromatic nitrogens is 1.